The summed E-state index contributed by atoms with van der Waals surface area (Å²) in [5.41, 5.74) is 1.05. The lowest BCUT2D eigenvalue weighted by atomic mass is 9.96. The summed E-state index contributed by atoms with van der Waals surface area (Å²) in [5, 5.41) is 12.9. The Hall–Kier alpha value is -1.36. The third kappa shape index (κ3) is 2.56. The molecule has 0 atom stereocenters. The van der Waals surface area contributed by atoms with Crippen LogP contribution in [-0.4, -0.2) is 38.8 Å². The fourth-order valence-electron chi connectivity index (χ4n) is 1.96. The molecule has 1 fully saturated rings. The highest BCUT2D eigenvalue weighted by atomic mass is 16.4. The standard InChI is InChI=1S/C10H15N3O2/c1-12-3-2-9(11-12)7-13-5-8(6-13)4-10(14)15/h2-3,8H,4-7H2,1H3,(H,14,15). The first kappa shape index (κ1) is 10.2. The molecule has 0 bridgehead atoms. The van der Waals surface area contributed by atoms with Crippen molar-refractivity contribution in [3.8, 4) is 0 Å². The van der Waals surface area contributed by atoms with Crippen molar-refractivity contribution in [3.05, 3.63) is 18.0 Å². The molecule has 5 nitrogen and oxygen atoms in total. The molecule has 2 rings (SSSR count). The van der Waals surface area contributed by atoms with E-state index in [-0.39, 0.29) is 0 Å². The first-order valence-corrected chi connectivity index (χ1v) is 5.06. The molecular formula is C10H15N3O2. The maximum absolute atomic E-state index is 10.4. The minimum atomic E-state index is -0.697. The Morgan fingerprint density at radius 2 is 2.40 bits per heavy atom. The van der Waals surface area contributed by atoms with Crippen LogP contribution in [0.1, 0.15) is 12.1 Å². The molecule has 0 amide bonds. The third-order valence-electron chi connectivity index (χ3n) is 2.65. The van der Waals surface area contributed by atoms with E-state index in [1.807, 2.05) is 19.3 Å². The van der Waals surface area contributed by atoms with Crippen molar-refractivity contribution < 1.29 is 9.90 Å². The molecule has 5 heteroatoms. The number of likely N-dealkylation sites (tertiary alicyclic amines) is 1. The number of rotatable bonds is 4. The van der Waals surface area contributed by atoms with Crippen LogP contribution in [0.3, 0.4) is 0 Å². The van der Waals surface area contributed by atoms with Crippen LogP contribution in [0.4, 0.5) is 0 Å². The molecule has 1 aromatic rings. The number of hydrogen-bond acceptors (Lipinski definition) is 3. The van der Waals surface area contributed by atoms with Crippen molar-refractivity contribution in [1.82, 2.24) is 14.7 Å². The lowest BCUT2D eigenvalue weighted by molar-refractivity contribution is -0.139. The Morgan fingerprint density at radius 3 is 2.93 bits per heavy atom. The van der Waals surface area contributed by atoms with Gasteiger partial charge < -0.3 is 5.11 Å². The number of aryl methyl sites for hydroxylation is 1. The van der Waals surface area contributed by atoms with Crippen LogP contribution >= 0.6 is 0 Å². The van der Waals surface area contributed by atoms with E-state index >= 15 is 0 Å². The van der Waals surface area contributed by atoms with Gasteiger partial charge in [0.25, 0.3) is 0 Å². The molecule has 1 saturated heterocycles. The zero-order valence-electron chi connectivity index (χ0n) is 8.76. The van der Waals surface area contributed by atoms with Crippen LogP contribution < -0.4 is 0 Å². The van der Waals surface area contributed by atoms with Gasteiger partial charge in [0, 0.05) is 32.9 Å². The summed E-state index contributed by atoms with van der Waals surface area (Å²) in [5.74, 6) is -0.372. The lowest BCUT2D eigenvalue weighted by Gasteiger charge is -2.38. The molecule has 0 radical (unpaired) electrons. The monoisotopic (exact) mass is 209 g/mol. The van der Waals surface area contributed by atoms with Gasteiger partial charge in [-0.1, -0.05) is 0 Å². The maximum atomic E-state index is 10.4. The Kier molecular flexibility index (Phi) is 2.73. The van der Waals surface area contributed by atoms with E-state index in [0.717, 1.165) is 25.3 Å². The van der Waals surface area contributed by atoms with Crippen molar-refractivity contribution >= 4 is 5.97 Å². The predicted octanol–water partition coefficient (Wildman–Crippen LogP) is 0.327. The first-order valence-electron chi connectivity index (χ1n) is 5.06. The molecule has 0 aromatic carbocycles. The molecule has 0 spiro atoms. The van der Waals surface area contributed by atoms with Gasteiger partial charge in [0.2, 0.25) is 0 Å². The average molecular weight is 209 g/mol. The van der Waals surface area contributed by atoms with Gasteiger partial charge in [-0.2, -0.15) is 5.10 Å². The molecule has 0 unspecified atom stereocenters. The van der Waals surface area contributed by atoms with Gasteiger partial charge in [0.15, 0.2) is 0 Å². The van der Waals surface area contributed by atoms with Crippen LogP contribution in [0, 0.1) is 5.92 Å². The van der Waals surface area contributed by atoms with Gasteiger partial charge in [0.1, 0.15) is 0 Å². The molecule has 1 N–H and O–H groups in total. The van der Waals surface area contributed by atoms with Gasteiger partial charge in [-0.3, -0.25) is 14.4 Å². The summed E-state index contributed by atoms with van der Waals surface area (Å²) in [7, 11) is 1.90. The highest BCUT2D eigenvalue weighted by molar-refractivity contribution is 5.67. The molecule has 1 aromatic heterocycles. The summed E-state index contributed by atoms with van der Waals surface area (Å²) in [6.07, 6.45) is 2.21. The van der Waals surface area contributed by atoms with E-state index in [2.05, 4.69) is 10.00 Å². The number of hydrogen-bond donors (Lipinski definition) is 1. The number of carboxylic acids is 1. The highest BCUT2D eigenvalue weighted by Crippen LogP contribution is 2.20. The quantitative estimate of drug-likeness (QED) is 0.776. The highest BCUT2D eigenvalue weighted by Gasteiger charge is 2.28. The van der Waals surface area contributed by atoms with Gasteiger partial charge in [0.05, 0.1) is 12.1 Å². The van der Waals surface area contributed by atoms with Crippen molar-refractivity contribution in [1.29, 1.82) is 0 Å². The first-order chi connectivity index (χ1) is 7.13. The second-order valence-electron chi connectivity index (χ2n) is 4.14. The molecule has 82 valence electrons. The molecule has 1 aliphatic heterocycles. The topological polar surface area (TPSA) is 58.4 Å². The molecule has 15 heavy (non-hydrogen) atoms. The number of aliphatic carboxylic acids is 1. The van der Waals surface area contributed by atoms with Crippen LogP contribution in [-0.2, 0) is 18.4 Å². The van der Waals surface area contributed by atoms with Crippen molar-refractivity contribution in [2.45, 2.75) is 13.0 Å². The minimum Gasteiger partial charge on any atom is -0.481 e. The molecular weight excluding hydrogens is 194 g/mol. The van der Waals surface area contributed by atoms with Crippen LogP contribution in [0.15, 0.2) is 12.3 Å². The molecule has 2 heterocycles. The Morgan fingerprint density at radius 1 is 1.67 bits per heavy atom. The van der Waals surface area contributed by atoms with Crippen molar-refractivity contribution in [2.75, 3.05) is 13.1 Å². The van der Waals surface area contributed by atoms with E-state index in [1.54, 1.807) is 4.68 Å². The number of aromatic nitrogens is 2. The smallest absolute Gasteiger partial charge is 0.303 e. The average Bonchev–Trinajstić information content (AvgIpc) is 2.47. The van der Waals surface area contributed by atoms with E-state index in [1.165, 1.54) is 0 Å². The van der Waals surface area contributed by atoms with E-state index < -0.39 is 5.97 Å². The minimum absolute atomic E-state index is 0.290. The molecule has 1 aliphatic rings. The van der Waals surface area contributed by atoms with E-state index in [9.17, 15) is 4.79 Å². The predicted molar refractivity (Wildman–Crippen MR) is 54.2 cm³/mol. The fraction of sp³-hybridized carbons (Fsp3) is 0.600. The Bertz CT molecular complexity index is 355. The maximum Gasteiger partial charge on any atom is 0.303 e. The second kappa shape index (κ2) is 4.02. The Balaban J connectivity index is 1.74. The lowest BCUT2D eigenvalue weighted by Crippen LogP contribution is -2.46. The summed E-state index contributed by atoms with van der Waals surface area (Å²) in [6.45, 7) is 2.59. The van der Waals surface area contributed by atoms with Crippen molar-refractivity contribution in [3.63, 3.8) is 0 Å². The summed E-state index contributed by atoms with van der Waals surface area (Å²) < 4.78 is 1.78. The Labute approximate surface area is 88.3 Å². The van der Waals surface area contributed by atoms with Crippen LogP contribution in [0.25, 0.3) is 0 Å². The van der Waals surface area contributed by atoms with Crippen molar-refractivity contribution in [2.24, 2.45) is 13.0 Å². The zero-order valence-corrected chi connectivity index (χ0v) is 8.76. The van der Waals surface area contributed by atoms with Crippen LogP contribution in [0.2, 0.25) is 0 Å². The second-order valence-corrected chi connectivity index (χ2v) is 4.14. The fourth-order valence-corrected chi connectivity index (χ4v) is 1.96. The van der Waals surface area contributed by atoms with E-state index in [0.29, 0.717) is 12.3 Å². The van der Waals surface area contributed by atoms with Crippen LogP contribution in [0.5, 0.6) is 0 Å². The number of nitrogens with zero attached hydrogens (tertiary/aromatic N) is 3. The third-order valence-corrected chi connectivity index (χ3v) is 2.65. The largest absolute Gasteiger partial charge is 0.481 e. The summed E-state index contributed by atoms with van der Waals surface area (Å²) >= 11 is 0. The van der Waals surface area contributed by atoms with Gasteiger partial charge >= 0.3 is 5.97 Å². The summed E-state index contributed by atoms with van der Waals surface area (Å²) in [4.78, 5) is 12.7. The SMILES string of the molecule is Cn1ccc(CN2CC(CC(=O)O)C2)n1. The van der Waals surface area contributed by atoms with Gasteiger partial charge in [-0.15, -0.1) is 0 Å². The van der Waals surface area contributed by atoms with Gasteiger partial charge in [-0.05, 0) is 12.0 Å². The number of carboxylic acid groups (broad SMARTS) is 1. The summed E-state index contributed by atoms with van der Waals surface area (Å²) in [6, 6.07) is 1.99. The molecule has 0 aliphatic carbocycles. The normalized spacial score (nSPS) is 17.7. The number of carbonyl (C=O) groups is 1. The zero-order chi connectivity index (χ0) is 10.8. The van der Waals surface area contributed by atoms with Gasteiger partial charge in [-0.25, -0.2) is 0 Å². The molecule has 0 saturated carbocycles. The van der Waals surface area contributed by atoms with E-state index in [4.69, 9.17) is 5.11 Å².